The van der Waals surface area contributed by atoms with Crippen LogP contribution < -0.4 is 11.1 Å². The van der Waals surface area contributed by atoms with Crippen LogP contribution in [0.1, 0.15) is 42.9 Å². The lowest BCUT2D eigenvalue weighted by molar-refractivity contribution is -0.144. The van der Waals surface area contributed by atoms with E-state index < -0.39 is 6.17 Å². The number of carbonyl (C=O) groups excluding carboxylic acids is 2. The van der Waals surface area contributed by atoms with Crippen LogP contribution in [0.4, 0.5) is 5.69 Å². The molecule has 0 aliphatic carbocycles. The average Bonchev–Trinajstić information content (AvgIpc) is 3.12. The Balaban J connectivity index is 1.45. The van der Waals surface area contributed by atoms with Crippen molar-refractivity contribution in [2.45, 2.75) is 45.4 Å². The van der Waals surface area contributed by atoms with E-state index in [0.717, 1.165) is 39.9 Å². The summed E-state index contributed by atoms with van der Waals surface area (Å²) < 4.78 is 5.40. The van der Waals surface area contributed by atoms with Gasteiger partial charge in [-0.3, -0.25) is 9.59 Å². The molecule has 1 heterocycles. The highest BCUT2D eigenvalue weighted by Gasteiger charge is 2.23. The largest absolute Gasteiger partial charge is 0.461 e. The van der Waals surface area contributed by atoms with Crippen molar-refractivity contribution in [1.29, 1.82) is 0 Å². The van der Waals surface area contributed by atoms with E-state index >= 15 is 0 Å². The molecule has 0 spiro atoms. The fourth-order valence-electron chi connectivity index (χ4n) is 4.69. The van der Waals surface area contributed by atoms with Gasteiger partial charge in [0.2, 0.25) is 5.91 Å². The fraction of sp³-hybridized carbons (Fsp3) is 0.312. The van der Waals surface area contributed by atoms with Crippen LogP contribution in [0.15, 0.2) is 78.4 Å². The highest BCUT2D eigenvalue weighted by atomic mass is 16.5. The monoisotopic (exact) mass is 527 g/mol. The van der Waals surface area contributed by atoms with Crippen LogP contribution >= 0.6 is 0 Å². The molecule has 1 aliphatic rings. The molecule has 3 aromatic rings. The summed E-state index contributed by atoms with van der Waals surface area (Å²) >= 11 is 0. The van der Waals surface area contributed by atoms with E-state index in [-0.39, 0.29) is 31.5 Å². The zero-order valence-corrected chi connectivity index (χ0v) is 22.4. The summed E-state index contributed by atoms with van der Waals surface area (Å²) in [5, 5.41) is 12.6. The van der Waals surface area contributed by atoms with E-state index in [0.29, 0.717) is 31.5 Å². The molecule has 3 aromatic carbocycles. The molecule has 204 valence electrons. The average molecular weight is 528 g/mol. The first-order valence-electron chi connectivity index (χ1n) is 13.5. The molecule has 1 aliphatic heterocycles. The van der Waals surface area contributed by atoms with Gasteiger partial charge in [-0.15, -0.1) is 0 Å². The van der Waals surface area contributed by atoms with Gasteiger partial charge in [0, 0.05) is 37.4 Å². The lowest BCUT2D eigenvalue weighted by Gasteiger charge is -2.24. The van der Waals surface area contributed by atoms with Crippen molar-refractivity contribution in [3.05, 3.63) is 95.1 Å². The SMILES string of the molecule is CCCN(CCCO)C(=O)C1=Cc2ccc(-c3ccc(CC(=O)OCc4ccccc4)cc3)cc2NC(N)C1. The zero-order valence-electron chi connectivity index (χ0n) is 22.4. The third-order valence-electron chi connectivity index (χ3n) is 6.68. The van der Waals surface area contributed by atoms with Crippen LogP contribution in [0, 0.1) is 0 Å². The van der Waals surface area contributed by atoms with Crippen LogP contribution in [0.5, 0.6) is 0 Å². The van der Waals surface area contributed by atoms with Crippen molar-refractivity contribution in [2.24, 2.45) is 5.73 Å². The van der Waals surface area contributed by atoms with Crippen LogP contribution in [0.3, 0.4) is 0 Å². The Labute approximate surface area is 230 Å². The molecule has 7 heteroatoms. The van der Waals surface area contributed by atoms with Gasteiger partial charge in [-0.05, 0) is 52.8 Å². The zero-order chi connectivity index (χ0) is 27.6. The number of nitrogens with zero attached hydrogens (tertiary/aromatic N) is 1. The standard InChI is InChI=1S/C32H37N3O4/c1-2-15-35(16-6-17-36)32(38)28-19-27-14-13-26(20-29(27)34-30(33)21-28)25-11-9-23(10-12-25)18-31(37)39-22-24-7-4-3-5-8-24/h3-5,7-14,19-20,30,34,36H,2,6,15-18,21-22,33H2,1H3. The van der Waals surface area contributed by atoms with Crippen molar-refractivity contribution in [2.75, 3.05) is 25.0 Å². The van der Waals surface area contributed by atoms with Gasteiger partial charge in [-0.25, -0.2) is 0 Å². The van der Waals surface area contributed by atoms with Crippen molar-refractivity contribution in [3.8, 4) is 11.1 Å². The second-order valence-electron chi connectivity index (χ2n) is 9.82. The van der Waals surface area contributed by atoms with Gasteiger partial charge < -0.3 is 25.8 Å². The number of amides is 1. The fourth-order valence-corrected chi connectivity index (χ4v) is 4.69. The number of fused-ring (bicyclic) bond motifs is 1. The highest BCUT2D eigenvalue weighted by molar-refractivity contribution is 5.99. The summed E-state index contributed by atoms with van der Waals surface area (Å²) in [6.07, 6.45) is 3.55. The Morgan fingerprint density at radius 2 is 1.74 bits per heavy atom. The quantitative estimate of drug-likeness (QED) is 0.311. The Bertz CT molecular complexity index is 1290. The number of benzene rings is 3. The minimum Gasteiger partial charge on any atom is -0.461 e. The number of anilines is 1. The summed E-state index contributed by atoms with van der Waals surface area (Å²) in [5.74, 6) is -0.293. The third kappa shape index (κ3) is 7.78. The molecule has 0 bridgehead atoms. The van der Waals surface area contributed by atoms with Crippen LogP contribution in [0.25, 0.3) is 17.2 Å². The number of aliphatic hydroxyl groups is 1. The van der Waals surface area contributed by atoms with Crippen LogP contribution in [0.2, 0.25) is 0 Å². The first kappa shape index (κ1) is 28.1. The predicted molar refractivity (Wildman–Crippen MR) is 155 cm³/mol. The van der Waals surface area contributed by atoms with E-state index in [1.54, 1.807) is 4.90 Å². The molecular formula is C32H37N3O4. The van der Waals surface area contributed by atoms with E-state index in [9.17, 15) is 14.7 Å². The van der Waals surface area contributed by atoms with Crippen LogP contribution in [-0.4, -0.2) is 47.7 Å². The molecule has 0 aromatic heterocycles. The Morgan fingerprint density at radius 3 is 2.46 bits per heavy atom. The normalized spacial score (nSPS) is 14.4. The van der Waals surface area contributed by atoms with Gasteiger partial charge in [0.1, 0.15) is 6.61 Å². The number of rotatable bonds is 11. The molecule has 4 N–H and O–H groups in total. The summed E-state index contributed by atoms with van der Waals surface area (Å²) in [5.41, 5.74) is 12.7. The minimum atomic E-state index is -0.401. The van der Waals surface area contributed by atoms with Gasteiger partial charge in [0.15, 0.2) is 0 Å². The van der Waals surface area contributed by atoms with E-state index in [1.165, 1.54) is 0 Å². The lowest BCUT2D eigenvalue weighted by Crippen LogP contribution is -2.37. The molecule has 1 atom stereocenters. The number of hydrogen-bond donors (Lipinski definition) is 3. The Hall–Kier alpha value is -3.94. The minimum absolute atomic E-state index is 0.0302. The van der Waals surface area contributed by atoms with Gasteiger partial charge in [-0.1, -0.05) is 73.7 Å². The molecule has 1 unspecified atom stereocenters. The summed E-state index contributed by atoms with van der Waals surface area (Å²) in [4.78, 5) is 27.4. The van der Waals surface area contributed by atoms with Gasteiger partial charge in [0.05, 0.1) is 12.6 Å². The predicted octanol–water partition coefficient (Wildman–Crippen LogP) is 4.74. The number of ether oxygens (including phenoxy) is 1. The maximum Gasteiger partial charge on any atom is 0.310 e. The highest BCUT2D eigenvalue weighted by Crippen LogP contribution is 2.31. The Kier molecular flexibility index (Phi) is 9.89. The molecule has 4 rings (SSSR count). The van der Waals surface area contributed by atoms with Crippen LogP contribution in [-0.2, 0) is 27.4 Å². The molecule has 7 nitrogen and oxygen atoms in total. The number of nitrogens with one attached hydrogen (secondary N) is 1. The number of carbonyl (C=O) groups is 2. The first-order chi connectivity index (χ1) is 19.0. The number of aliphatic hydroxyl groups excluding tert-OH is 1. The van der Waals surface area contributed by atoms with Crippen molar-refractivity contribution in [1.82, 2.24) is 4.90 Å². The second-order valence-corrected chi connectivity index (χ2v) is 9.82. The van der Waals surface area contributed by atoms with E-state index in [2.05, 4.69) is 5.32 Å². The number of hydrogen-bond acceptors (Lipinski definition) is 6. The molecule has 0 fully saturated rings. The van der Waals surface area contributed by atoms with Crippen molar-refractivity contribution >= 4 is 23.6 Å². The lowest BCUT2D eigenvalue weighted by atomic mass is 9.99. The Morgan fingerprint density at radius 1 is 1.00 bits per heavy atom. The summed E-state index contributed by atoms with van der Waals surface area (Å²) in [7, 11) is 0. The van der Waals surface area contributed by atoms with Crippen molar-refractivity contribution < 1.29 is 19.4 Å². The number of esters is 1. The van der Waals surface area contributed by atoms with E-state index in [1.807, 2.05) is 85.8 Å². The molecular weight excluding hydrogens is 490 g/mol. The van der Waals surface area contributed by atoms with Gasteiger partial charge in [0.25, 0.3) is 0 Å². The first-order valence-corrected chi connectivity index (χ1v) is 13.5. The topological polar surface area (TPSA) is 105 Å². The maximum absolute atomic E-state index is 13.3. The molecule has 39 heavy (non-hydrogen) atoms. The second kappa shape index (κ2) is 13.7. The summed E-state index contributed by atoms with van der Waals surface area (Å²) in [6.45, 7) is 3.53. The molecule has 0 saturated heterocycles. The van der Waals surface area contributed by atoms with Gasteiger partial charge >= 0.3 is 5.97 Å². The summed E-state index contributed by atoms with van der Waals surface area (Å²) in [6, 6.07) is 23.6. The smallest absolute Gasteiger partial charge is 0.310 e. The molecule has 1 amide bonds. The van der Waals surface area contributed by atoms with E-state index in [4.69, 9.17) is 10.5 Å². The van der Waals surface area contributed by atoms with Crippen molar-refractivity contribution in [3.63, 3.8) is 0 Å². The maximum atomic E-state index is 13.3. The molecule has 0 saturated carbocycles. The molecule has 0 radical (unpaired) electrons. The number of nitrogens with two attached hydrogens (primary N) is 1. The third-order valence-corrected chi connectivity index (χ3v) is 6.68. The van der Waals surface area contributed by atoms with Gasteiger partial charge in [-0.2, -0.15) is 0 Å².